The van der Waals surface area contributed by atoms with Gasteiger partial charge in [-0.15, -0.1) is 0 Å². The lowest BCUT2D eigenvalue weighted by atomic mass is 10.2. The smallest absolute Gasteiger partial charge is 0.293 e. The molecular formula is C13H9ClN2O3. The molecule has 0 aliphatic heterocycles. The monoisotopic (exact) mass is 276 g/mol. The first kappa shape index (κ1) is 11.8. The summed E-state index contributed by atoms with van der Waals surface area (Å²) in [5.41, 5.74) is 0.542. The lowest BCUT2D eigenvalue weighted by Crippen LogP contribution is -2.10. The second-order valence-corrected chi connectivity index (χ2v) is 4.29. The van der Waals surface area contributed by atoms with Gasteiger partial charge in [-0.25, -0.2) is 4.98 Å². The minimum absolute atomic E-state index is 0.109. The molecule has 1 aromatic carbocycles. The standard InChI is InChI=1S/C13H9ClN2O3/c1-18-12-10(15-6-16-13(12)17)9-5-7-3-2-4-8(14)11(7)19-9/h2-6H,1H3,(H,15,16,17). The predicted octanol–water partition coefficient (Wildman–Crippen LogP) is 2.85. The van der Waals surface area contributed by atoms with Gasteiger partial charge >= 0.3 is 0 Å². The quantitative estimate of drug-likeness (QED) is 0.781. The highest BCUT2D eigenvalue weighted by Gasteiger charge is 2.16. The molecule has 0 bridgehead atoms. The maximum Gasteiger partial charge on any atom is 0.293 e. The summed E-state index contributed by atoms with van der Waals surface area (Å²) in [7, 11) is 1.41. The van der Waals surface area contributed by atoms with Gasteiger partial charge < -0.3 is 14.1 Å². The molecule has 0 fully saturated rings. The van der Waals surface area contributed by atoms with Crippen LogP contribution in [0.1, 0.15) is 0 Å². The van der Waals surface area contributed by atoms with Crippen LogP contribution in [-0.4, -0.2) is 17.1 Å². The highest BCUT2D eigenvalue weighted by Crippen LogP contribution is 2.33. The Morgan fingerprint density at radius 2 is 2.26 bits per heavy atom. The molecule has 0 aliphatic rings. The first-order chi connectivity index (χ1) is 9.20. The summed E-state index contributed by atoms with van der Waals surface area (Å²) in [5, 5.41) is 1.35. The van der Waals surface area contributed by atoms with Gasteiger partial charge in [0.2, 0.25) is 5.75 Å². The van der Waals surface area contributed by atoms with Crippen LogP contribution in [0.3, 0.4) is 0 Å². The molecule has 1 N–H and O–H groups in total. The number of para-hydroxylation sites is 1. The van der Waals surface area contributed by atoms with E-state index in [1.54, 1.807) is 12.1 Å². The number of ether oxygens (including phenoxy) is 1. The SMILES string of the molecule is COc1c(-c2cc3cccc(Cl)c3o2)nc[nH]c1=O. The van der Waals surface area contributed by atoms with Crippen molar-refractivity contribution in [2.75, 3.05) is 7.11 Å². The van der Waals surface area contributed by atoms with Crippen LogP contribution in [-0.2, 0) is 0 Å². The fraction of sp³-hybridized carbons (Fsp3) is 0.0769. The Bertz CT molecular complexity index is 807. The summed E-state index contributed by atoms with van der Waals surface area (Å²) in [6, 6.07) is 7.20. The first-order valence-corrected chi connectivity index (χ1v) is 5.88. The summed E-state index contributed by atoms with van der Waals surface area (Å²) in [4.78, 5) is 18.2. The lowest BCUT2D eigenvalue weighted by Gasteiger charge is -2.02. The fourth-order valence-electron chi connectivity index (χ4n) is 1.90. The van der Waals surface area contributed by atoms with E-state index >= 15 is 0 Å². The van der Waals surface area contributed by atoms with Crippen molar-refractivity contribution in [3.05, 3.63) is 46.0 Å². The second kappa shape index (κ2) is 4.44. The topological polar surface area (TPSA) is 68.1 Å². The van der Waals surface area contributed by atoms with Crippen LogP contribution in [0, 0.1) is 0 Å². The number of aromatic nitrogens is 2. The number of H-pyrrole nitrogens is 1. The lowest BCUT2D eigenvalue weighted by molar-refractivity contribution is 0.406. The van der Waals surface area contributed by atoms with Crippen LogP contribution in [0.5, 0.6) is 5.75 Å². The third kappa shape index (κ3) is 1.88. The third-order valence-corrected chi connectivity index (χ3v) is 3.04. The van der Waals surface area contributed by atoms with Crippen LogP contribution in [0.25, 0.3) is 22.4 Å². The largest absolute Gasteiger partial charge is 0.489 e. The van der Waals surface area contributed by atoms with E-state index in [0.717, 1.165) is 5.39 Å². The van der Waals surface area contributed by atoms with Crippen molar-refractivity contribution in [2.24, 2.45) is 0 Å². The fourth-order valence-corrected chi connectivity index (χ4v) is 2.12. The van der Waals surface area contributed by atoms with Crippen molar-refractivity contribution >= 4 is 22.6 Å². The van der Waals surface area contributed by atoms with Gasteiger partial charge in [-0.05, 0) is 12.1 Å². The van der Waals surface area contributed by atoms with Gasteiger partial charge in [-0.1, -0.05) is 23.7 Å². The van der Waals surface area contributed by atoms with Gasteiger partial charge in [0.05, 0.1) is 18.5 Å². The Labute approximate surface area is 112 Å². The van der Waals surface area contributed by atoms with E-state index in [2.05, 4.69) is 9.97 Å². The van der Waals surface area contributed by atoms with Crippen LogP contribution in [0.4, 0.5) is 0 Å². The molecule has 0 aliphatic carbocycles. The highest BCUT2D eigenvalue weighted by atomic mass is 35.5. The molecule has 5 nitrogen and oxygen atoms in total. The highest BCUT2D eigenvalue weighted by molar-refractivity contribution is 6.34. The number of rotatable bonds is 2. The van der Waals surface area contributed by atoms with Crippen molar-refractivity contribution < 1.29 is 9.15 Å². The molecule has 3 rings (SSSR count). The number of fused-ring (bicyclic) bond motifs is 1. The average Bonchev–Trinajstić information content (AvgIpc) is 2.84. The number of benzene rings is 1. The summed E-state index contributed by atoms with van der Waals surface area (Å²) in [6.07, 6.45) is 1.30. The maximum atomic E-state index is 11.6. The van der Waals surface area contributed by atoms with Crippen LogP contribution in [0.15, 0.2) is 39.8 Å². The second-order valence-electron chi connectivity index (χ2n) is 3.88. The average molecular weight is 277 g/mol. The number of aromatic amines is 1. The molecule has 0 atom stereocenters. The number of furan rings is 1. The maximum absolute atomic E-state index is 11.6. The molecule has 0 amide bonds. The van der Waals surface area contributed by atoms with Gasteiger partial charge in [0.1, 0.15) is 0 Å². The minimum Gasteiger partial charge on any atom is -0.489 e. The zero-order chi connectivity index (χ0) is 13.4. The molecule has 6 heteroatoms. The number of hydrogen-bond donors (Lipinski definition) is 1. The minimum atomic E-state index is -0.362. The van der Waals surface area contributed by atoms with E-state index < -0.39 is 0 Å². The van der Waals surface area contributed by atoms with Crippen molar-refractivity contribution in [1.29, 1.82) is 0 Å². The molecule has 19 heavy (non-hydrogen) atoms. The Balaban J connectivity index is 2.28. The third-order valence-electron chi connectivity index (χ3n) is 2.74. The number of nitrogens with one attached hydrogen (secondary N) is 1. The molecule has 0 saturated carbocycles. The van der Waals surface area contributed by atoms with E-state index in [0.29, 0.717) is 22.1 Å². The molecular weight excluding hydrogens is 268 g/mol. The number of halogens is 1. The summed E-state index contributed by atoms with van der Waals surface area (Å²) in [5.74, 6) is 0.545. The van der Waals surface area contributed by atoms with E-state index in [1.807, 2.05) is 12.1 Å². The Morgan fingerprint density at radius 1 is 1.42 bits per heavy atom. The first-order valence-electron chi connectivity index (χ1n) is 5.51. The van der Waals surface area contributed by atoms with Gasteiger partial charge in [-0.3, -0.25) is 4.79 Å². The predicted molar refractivity (Wildman–Crippen MR) is 71.6 cm³/mol. The Morgan fingerprint density at radius 3 is 3.00 bits per heavy atom. The van der Waals surface area contributed by atoms with Crippen LogP contribution in [0.2, 0.25) is 5.02 Å². The van der Waals surface area contributed by atoms with Gasteiger partial charge in [-0.2, -0.15) is 0 Å². The molecule has 0 radical (unpaired) electrons. The molecule has 96 valence electrons. The molecule has 0 saturated heterocycles. The van der Waals surface area contributed by atoms with E-state index in [9.17, 15) is 4.79 Å². The van der Waals surface area contributed by atoms with E-state index in [1.165, 1.54) is 13.4 Å². The number of methoxy groups -OCH3 is 1. The van der Waals surface area contributed by atoms with Crippen LogP contribution >= 0.6 is 11.6 Å². The van der Waals surface area contributed by atoms with Gasteiger partial charge in [0.15, 0.2) is 17.0 Å². The molecule has 3 aromatic rings. The molecule has 0 spiro atoms. The van der Waals surface area contributed by atoms with E-state index in [4.69, 9.17) is 20.8 Å². The van der Waals surface area contributed by atoms with Crippen molar-refractivity contribution in [3.8, 4) is 17.2 Å². The van der Waals surface area contributed by atoms with Crippen LogP contribution < -0.4 is 10.3 Å². The number of hydrogen-bond acceptors (Lipinski definition) is 4. The van der Waals surface area contributed by atoms with Gasteiger partial charge in [0, 0.05) is 5.39 Å². The van der Waals surface area contributed by atoms with Gasteiger partial charge in [0.25, 0.3) is 5.56 Å². The van der Waals surface area contributed by atoms with Crippen molar-refractivity contribution in [1.82, 2.24) is 9.97 Å². The molecule has 2 heterocycles. The molecule has 0 unspecified atom stereocenters. The van der Waals surface area contributed by atoms with Crippen molar-refractivity contribution in [3.63, 3.8) is 0 Å². The summed E-state index contributed by atoms with van der Waals surface area (Å²) in [6.45, 7) is 0. The Kier molecular flexibility index (Phi) is 2.76. The Hall–Kier alpha value is -2.27. The zero-order valence-electron chi connectivity index (χ0n) is 9.94. The summed E-state index contributed by atoms with van der Waals surface area (Å²) < 4.78 is 10.7. The normalized spacial score (nSPS) is 10.8. The number of nitrogens with zero attached hydrogens (tertiary/aromatic N) is 1. The molecule has 2 aromatic heterocycles. The zero-order valence-corrected chi connectivity index (χ0v) is 10.7. The van der Waals surface area contributed by atoms with E-state index in [-0.39, 0.29) is 11.3 Å². The summed E-state index contributed by atoms with van der Waals surface area (Å²) >= 11 is 6.05. The van der Waals surface area contributed by atoms with Crippen molar-refractivity contribution in [2.45, 2.75) is 0 Å².